The molecule has 0 saturated heterocycles. The smallest absolute Gasteiger partial charge is 0.262 e. The number of ether oxygens (including phenoxy) is 1. The lowest BCUT2D eigenvalue weighted by molar-refractivity contribution is 0.0939. The summed E-state index contributed by atoms with van der Waals surface area (Å²) in [5.41, 5.74) is 2.21. The molecule has 1 atom stereocenters. The van der Waals surface area contributed by atoms with Gasteiger partial charge in [-0.2, -0.15) is 0 Å². The Bertz CT molecular complexity index is 1140. The number of para-hydroxylation sites is 1. The normalized spacial score (nSPS) is 12.1. The highest BCUT2D eigenvalue weighted by Crippen LogP contribution is 2.22. The third-order valence-electron chi connectivity index (χ3n) is 4.80. The summed E-state index contributed by atoms with van der Waals surface area (Å²) >= 11 is 0. The molecule has 3 aromatic carbocycles. The second kappa shape index (κ2) is 9.66. The van der Waals surface area contributed by atoms with Crippen molar-refractivity contribution in [3.05, 3.63) is 89.5 Å². The number of rotatable bonds is 8. The molecule has 0 radical (unpaired) electrons. The number of aryl methyl sites for hydroxylation is 1. The minimum absolute atomic E-state index is 0.0673. The van der Waals surface area contributed by atoms with Crippen molar-refractivity contribution < 1.29 is 17.9 Å². The van der Waals surface area contributed by atoms with Gasteiger partial charge in [-0.25, -0.2) is 8.42 Å². The van der Waals surface area contributed by atoms with Crippen molar-refractivity contribution >= 4 is 21.6 Å². The molecule has 0 aliphatic heterocycles. The molecule has 0 aliphatic carbocycles. The van der Waals surface area contributed by atoms with Gasteiger partial charge >= 0.3 is 0 Å². The van der Waals surface area contributed by atoms with Crippen LogP contribution >= 0.6 is 0 Å². The summed E-state index contributed by atoms with van der Waals surface area (Å²) in [7, 11) is -3.83. The van der Waals surface area contributed by atoms with E-state index in [2.05, 4.69) is 10.0 Å². The summed E-state index contributed by atoms with van der Waals surface area (Å²) in [5, 5.41) is 2.92. The number of carbonyl (C=O) groups is 1. The van der Waals surface area contributed by atoms with E-state index < -0.39 is 10.0 Å². The summed E-state index contributed by atoms with van der Waals surface area (Å²) in [6.07, 6.45) is 0. The zero-order valence-electron chi connectivity index (χ0n) is 17.8. The van der Waals surface area contributed by atoms with Gasteiger partial charge in [0.2, 0.25) is 0 Å². The Labute approximate surface area is 183 Å². The molecular weight excluding hydrogens is 412 g/mol. The fourth-order valence-corrected chi connectivity index (χ4v) is 4.46. The minimum atomic E-state index is -3.83. The van der Waals surface area contributed by atoms with E-state index in [-0.39, 0.29) is 22.4 Å². The monoisotopic (exact) mass is 438 g/mol. The lowest BCUT2D eigenvalue weighted by Gasteiger charge is -2.16. The molecule has 0 fully saturated rings. The Morgan fingerprint density at radius 3 is 2.32 bits per heavy atom. The molecule has 1 amide bonds. The maximum absolute atomic E-state index is 12.9. The third kappa shape index (κ3) is 5.64. The highest BCUT2D eigenvalue weighted by molar-refractivity contribution is 7.92. The minimum Gasteiger partial charge on any atom is -0.494 e. The largest absolute Gasteiger partial charge is 0.494 e. The van der Waals surface area contributed by atoms with Gasteiger partial charge in [0, 0.05) is 11.3 Å². The zero-order valence-corrected chi connectivity index (χ0v) is 18.6. The topological polar surface area (TPSA) is 84.5 Å². The highest BCUT2D eigenvalue weighted by Gasteiger charge is 2.20. The van der Waals surface area contributed by atoms with Crippen molar-refractivity contribution in [3.63, 3.8) is 0 Å². The Morgan fingerprint density at radius 2 is 1.68 bits per heavy atom. The molecule has 7 heteroatoms. The number of anilines is 1. The first-order chi connectivity index (χ1) is 14.8. The molecule has 0 unspecified atom stereocenters. The number of nitrogens with one attached hydrogen (secondary N) is 2. The molecule has 0 heterocycles. The van der Waals surface area contributed by atoms with Gasteiger partial charge in [0.25, 0.3) is 15.9 Å². The fourth-order valence-electron chi connectivity index (χ4n) is 3.13. The van der Waals surface area contributed by atoms with Crippen molar-refractivity contribution in [2.24, 2.45) is 0 Å². The van der Waals surface area contributed by atoms with Crippen LogP contribution < -0.4 is 14.8 Å². The Morgan fingerprint density at radius 1 is 1.00 bits per heavy atom. The van der Waals surface area contributed by atoms with Crippen LogP contribution in [0.3, 0.4) is 0 Å². The van der Waals surface area contributed by atoms with Gasteiger partial charge in [-0.3, -0.25) is 9.52 Å². The molecule has 0 aliphatic rings. The maximum Gasteiger partial charge on any atom is 0.262 e. The van der Waals surface area contributed by atoms with E-state index >= 15 is 0 Å². The summed E-state index contributed by atoms with van der Waals surface area (Å²) in [4.78, 5) is 12.9. The Balaban J connectivity index is 1.77. The molecule has 0 bridgehead atoms. The third-order valence-corrected chi connectivity index (χ3v) is 6.33. The van der Waals surface area contributed by atoms with Crippen LogP contribution in [0.25, 0.3) is 0 Å². The van der Waals surface area contributed by atoms with Crippen molar-refractivity contribution in [3.8, 4) is 5.75 Å². The van der Waals surface area contributed by atoms with E-state index in [1.807, 2.05) is 38.1 Å². The number of amides is 1. The van der Waals surface area contributed by atoms with Gasteiger partial charge in [0.05, 0.1) is 17.5 Å². The average Bonchev–Trinajstić information content (AvgIpc) is 2.75. The lowest BCUT2D eigenvalue weighted by atomic mass is 10.1. The number of carbonyl (C=O) groups excluding carboxylic acids is 1. The van der Waals surface area contributed by atoms with Crippen LogP contribution in [0.4, 0.5) is 5.69 Å². The average molecular weight is 439 g/mol. The van der Waals surface area contributed by atoms with Crippen molar-refractivity contribution in [2.45, 2.75) is 31.7 Å². The van der Waals surface area contributed by atoms with Crippen LogP contribution in [-0.4, -0.2) is 20.9 Å². The van der Waals surface area contributed by atoms with Gasteiger partial charge in [0.15, 0.2) is 0 Å². The van der Waals surface area contributed by atoms with E-state index in [0.717, 1.165) is 11.3 Å². The Hall–Kier alpha value is -3.32. The highest BCUT2D eigenvalue weighted by atomic mass is 32.2. The van der Waals surface area contributed by atoms with Gasteiger partial charge in [0.1, 0.15) is 5.75 Å². The maximum atomic E-state index is 12.9. The van der Waals surface area contributed by atoms with Gasteiger partial charge in [-0.05, 0) is 68.3 Å². The van der Waals surface area contributed by atoms with Gasteiger partial charge in [-0.15, -0.1) is 0 Å². The summed E-state index contributed by atoms with van der Waals surface area (Å²) in [6.45, 7) is 6.08. The first kappa shape index (κ1) is 22.4. The molecule has 2 N–H and O–H groups in total. The summed E-state index contributed by atoms with van der Waals surface area (Å²) in [6, 6.07) is 20.5. The van der Waals surface area contributed by atoms with Crippen molar-refractivity contribution in [1.82, 2.24) is 5.32 Å². The van der Waals surface area contributed by atoms with Crippen molar-refractivity contribution in [1.29, 1.82) is 0 Å². The first-order valence-corrected chi connectivity index (χ1v) is 11.5. The molecule has 0 spiro atoms. The molecule has 0 saturated carbocycles. The molecule has 3 rings (SSSR count). The predicted octanol–water partition coefficient (Wildman–Crippen LogP) is 4.69. The summed E-state index contributed by atoms with van der Waals surface area (Å²) < 4.78 is 33.7. The van der Waals surface area contributed by atoms with Crippen LogP contribution in [0.2, 0.25) is 0 Å². The molecule has 3 aromatic rings. The van der Waals surface area contributed by atoms with Crippen LogP contribution in [0, 0.1) is 6.92 Å². The van der Waals surface area contributed by atoms with E-state index in [1.54, 1.807) is 49.4 Å². The number of hydrogen-bond acceptors (Lipinski definition) is 4. The fraction of sp³-hybridized carbons (Fsp3) is 0.208. The van der Waals surface area contributed by atoms with Crippen LogP contribution in [-0.2, 0) is 10.0 Å². The Kier molecular flexibility index (Phi) is 6.97. The SMILES string of the molecule is CCOc1ccc([C@H](C)NC(=O)c2ccc(C)c(S(=O)(=O)Nc3ccccc3)c2)cc1. The molecule has 0 aromatic heterocycles. The standard InChI is InChI=1S/C24H26N2O4S/c1-4-30-22-14-12-19(13-15-22)18(3)25-24(27)20-11-10-17(2)23(16-20)31(28,29)26-21-8-6-5-7-9-21/h5-16,18,26H,4H2,1-3H3,(H,25,27)/t18-/m0/s1. The van der Waals surface area contributed by atoms with E-state index in [4.69, 9.17) is 4.74 Å². The van der Waals surface area contributed by atoms with Crippen LogP contribution in [0.1, 0.15) is 41.4 Å². The second-order valence-corrected chi connectivity index (χ2v) is 8.80. The number of sulfonamides is 1. The van der Waals surface area contributed by atoms with Crippen LogP contribution in [0.5, 0.6) is 5.75 Å². The first-order valence-electron chi connectivity index (χ1n) is 10.0. The zero-order chi connectivity index (χ0) is 22.4. The number of benzene rings is 3. The van der Waals surface area contributed by atoms with E-state index in [1.165, 1.54) is 6.07 Å². The quantitative estimate of drug-likeness (QED) is 0.535. The molecule has 162 valence electrons. The van der Waals surface area contributed by atoms with E-state index in [0.29, 0.717) is 17.9 Å². The summed E-state index contributed by atoms with van der Waals surface area (Å²) in [5.74, 6) is 0.418. The van der Waals surface area contributed by atoms with Gasteiger partial charge in [-0.1, -0.05) is 36.4 Å². The molecular formula is C24H26N2O4S. The van der Waals surface area contributed by atoms with Crippen molar-refractivity contribution in [2.75, 3.05) is 11.3 Å². The molecule has 6 nitrogen and oxygen atoms in total. The second-order valence-electron chi connectivity index (χ2n) is 7.15. The van der Waals surface area contributed by atoms with E-state index in [9.17, 15) is 13.2 Å². The molecule has 31 heavy (non-hydrogen) atoms. The lowest BCUT2D eigenvalue weighted by Crippen LogP contribution is -2.27. The number of hydrogen-bond donors (Lipinski definition) is 2. The van der Waals surface area contributed by atoms with Gasteiger partial charge < -0.3 is 10.1 Å². The predicted molar refractivity (Wildman–Crippen MR) is 122 cm³/mol. The van der Waals surface area contributed by atoms with Crippen LogP contribution in [0.15, 0.2) is 77.7 Å².